The highest BCUT2D eigenvalue weighted by Gasteiger charge is 2.12. The van der Waals surface area contributed by atoms with E-state index < -0.39 is 0 Å². The maximum atomic E-state index is 6.49. The highest BCUT2D eigenvalue weighted by Crippen LogP contribution is 2.30. The fourth-order valence-corrected chi connectivity index (χ4v) is 3.46. The van der Waals surface area contributed by atoms with E-state index in [0.717, 1.165) is 39.7 Å². The predicted molar refractivity (Wildman–Crippen MR) is 132 cm³/mol. The van der Waals surface area contributed by atoms with Crippen molar-refractivity contribution in [2.45, 2.75) is 0 Å². The number of aromatic nitrogens is 3. The summed E-state index contributed by atoms with van der Waals surface area (Å²) in [6.07, 6.45) is 5.56. The van der Waals surface area contributed by atoms with Crippen molar-refractivity contribution in [1.29, 1.82) is 0 Å². The number of hydrogen-bond donors (Lipinski definition) is 0. The Balaban J connectivity index is 1.61. The van der Waals surface area contributed by atoms with E-state index in [1.54, 1.807) is 12.4 Å². The Hall–Kier alpha value is -4.57. The minimum absolute atomic E-state index is 0.664. The zero-order chi connectivity index (χ0) is 22.3. The standard InChI is InChI=1S/C29H21N3O/c1-3-11-22(12-4-1)19-29(23-13-5-2-6-14-23)33-24-20-27(25-15-7-9-17-30-25)32-28(21-24)26-16-8-10-18-31-26/h1-21H/b29-19+. The Bertz CT molecular complexity index is 1300. The van der Waals surface area contributed by atoms with Crippen molar-refractivity contribution in [3.8, 4) is 28.5 Å². The van der Waals surface area contributed by atoms with Gasteiger partial charge in [-0.1, -0.05) is 72.8 Å². The van der Waals surface area contributed by atoms with Crippen LogP contribution in [0.1, 0.15) is 11.1 Å². The molecule has 3 heterocycles. The highest BCUT2D eigenvalue weighted by atomic mass is 16.5. The average Bonchev–Trinajstić information content (AvgIpc) is 2.90. The Morgan fingerprint density at radius 1 is 0.576 bits per heavy atom. The lowest BCUT2D eigenvalue weighted by molar-refractivity contribution is 0.518. The van der Waals surface area contributed by atoms with E-state index in [0.29, 0.717) is 5.75 Å². The first-order chi connectivity index (χ1) is 16.3. The van der Waals surface area contributed by atoms with Crippen LogP contribution >= 0.6 is 0 Å². The number of hydrogen-bond acceptors (Lipinski definition) is 4. The number of nitrogens with zero attached hydrogens (tertiary/aromatic N) is 3. The SMILES string of the molecule is C(=C(\Oc1cc(-c2ccccn2)nc(-c2ccccn2)c1)c1ccccc1)/c1ccccc1. The first kappa shape index (κ1) is 20.3. The maximum absolute atomic E-state index is 6.49. The van der Waals surface area contributed by atoms with Gasteiger partial charge in [-0.2, -0.15) is 0 Å². The summed E-state index contributed by atoms with van der Waals surface area (Å²) in [4.78, 5) is 13.8. The molecular formula is C29H21N3O. The highest BCUT2D eigenvalue weighted by molar-refractivity contribution is 5.79. The molecule has 0 amide bonds. The molecule has 4 heteroatoms. The van der Waals surface area contributed by atoms with Crippen molar-refractivity contribution in [3.63, 3.8) is 0 Å². The van der Waals surface area contributed by atoms with Crippen LogP contribution < -0.4 is 4.74 Å². The van der Waals surface area contributed by atoms with E-state index in [9.17, 15) is 0 Å². The summed E-state index contributed by atoms with van der Waals surface area (Å²) in [6, 6.07) is 35.6. The lowest BCUT2D eigenvalue weighted by atomic mass is 10.1. The number of benzene rings is 2. The van der Waals surface area contributed by atoms with Crippen molar-refractivity contribution < 1.29 is 4.74 Å². The molecule has 5 aromatic rings. The van der Waals surface area contributed by atoms with Gasteiger partial charge in [-0.15, -0.1) is 0 Å². The van der Waals surface area contributed by atoms with Gasteiger partial charge in [-0.05, 0) is 35.9 Å². The van der Waals surface area contributed by atoms with Crippen molar-refractivity contribution in [2.24, 2.45) is 0 Å². The van der Waals surface area contributed by atoms with Crippen LogP contribution in [-0.2, 0) is 0 Å². The Labute approximate surface area is 192 Å². The molecule has 5 rings (SSSR count). The third kappa shape index (κ3) is 5.02. The minimum Gasteiger partial charge on any atom is -0.457 e. The Kier molecular flexibility index (Phi) is 5.98. The number of pyridine rings is 3. The van der Waals surface area contributed by atoms with Crippen LogP contribution in [0, 0.1) is 0 Å². The summed E-state index contributed by atoms with van der Waals surface area (Å²) in [7, 11) is 0. The fraction of sp³-hybridized carbons (Fsp3) is 0. The van der Waals surface area contributed by atoms with Gasteiger partial charge in [-0.25, -0.2) is 4.98 Å². The van der Waals surface area contributed by atoms with Gasteiger partial charge < -0.3 is 4.74 Å². The van der Waals surface area contributed by atoms with Crippen molar-refractivity contribution in [3.05, 3.63) is 133 Å². The maximum Gasteiger partial charge on any atom is 0.135 e. The van der Waals surface area contributed by atoms with Crippen LogP contribution in [0.15, 0.2) is 122 Å². The smallest absolute Gasteiger partial charge is 0.135 e. The molecule has 0 N–H and O–H groups in total. The Morgan fingerprint density at radius 3 is 1.67 bits per heavy atom. The molecule has 0 saturated carbocycles. The molecule has 0 aliphatic carbocycles. The summed E-state index contributed by atoms with van der Waals surface area (Å²) in [5, 5.41) is 0. The van der Waals surface area contributed by atoms with E-state index in [1.807, 2.05) is 103 Å². The van der Waals surface area contributed by atoms with Crippen LogP contribution in [0.5, 0.6) is 5.75 Å². The van der Waals surface area contributed by atoms with Crippen molar-refractivity contribution >= 4 is 11.8 Å². The van der Waals surface area contributed by atoms with Crippen LogP contribution in [-0.4, -0.2) is 15.0 Å². The Morgan fingerprint density at radius 2 is 1.12 bits per heavy atom. The van der Waals surface area contributed by atoms with Crippen LogP contribution in [0.25, 0.3) is 34.6 Å². The van der Waals surface area contributed by atoms with Crippen LogP contribution in [0.4, 0.5) is 0 Å². The summed E-state index contributed by atoms with van der Waals surface area (Å²) in [5.74, 6) is 1.41. The van der Waals surface area contributed by atoms with E-state index in [1.165, 1.54) is 0 Å². The van der Waals surface area contributed by atoms with Crippen molar-refractivity contribution in [2.75, 3.05) is 0 Å². The third-order valence-corrected chi connectivity index (χ3v) is 5.04. The van der Waals surface area contributed by atoms with Crippen LogP contribution in [0.2, 0.25) is 0 Å². The second-order valence-corrected chi connectivity index (χ2v) is 7.39. The van der Waals surface area contributed by atoms with Gasteiger partial charge in [-0.3, -0.25) is 9.97 Å². The molecule has 0 aliphatic heterocycles. The third-order valence-electron chi connectivity index (χ3n) is 5.04. The quantitative estimate of drug-likeness (QED) is 0.221. The largest absolute Gasteiger partial charge is 0.457 e. The van der Waals surface area contributed by atoms with Crippen LogP contribution in [0.3, 0.4) is 0 Å². The molecular weight excluding hydrogens is 406 g/mol. The topological polar surface area (TPSA) is 47.9 Å². The summed E-state index contributed by atoms with van der Waals surface area (Å²) in [5.41, 5.74) is 5.03. The average molecular weight is 428 g/mol. The first-order valence-corrected chi connectivity index (χ1v) is 10.7. The second kappa shape index (κ2) is 9.71. The lowest BCUT2D eigenvalue weighted by Gasteiger charge is -2.13. The molecule has 2 aromatic carbocycles. The van der Waals surface area contributed by atoms with Gasteiger partial charge >= 0.3 is 0 Å². The lowest BCUT2D eigenvalue weighted by Crippen LogP contribution is -1.98. The minimum atomic E-state index is 0.664. The monoisotopic (exact) mass is 427 g/mol. The zero-order valence-electron chi connectivity index (χ0n) is 17.9. The molecule has 3 aromatic heterocycles. The summed E-state index contributed by atoms with van der Waals surface area (Å²) >= 11 is 0. The molecule has 33 heavy (non-hydrogen) atoms. The van der Waals surface area contributed by atoms with E-state index in [-0.39, 0.29) is 0 Å². The molecule has 0 unspecified atom stereocenters. The van der Waals surface area contributed by atoms with Crippen molar-refractivity contribution in [1.82, 2.24) is 15.0 Å². The summed E-state index contributed by atoms with van der Waals surface area (Å²) in [6.45, 7) is 0. The van der Waals surface area contributed by atoms with Gasteiger partial charge in [0.1, 0.15) is 11.5 Å². The fourth-order valence-electron chi connectivity index (χ4n) is 3.46. The molecule has 0 aliphatic rings. The normalized spacial score (nSPS) is 11.2. The molecule has 0 fully saturated rings. The van der Waals surface area contributed by atoms with Gasteiger partial charge in [0.2, 0.25) is 0 Å². The van der Waals surface area contributed by atoms with E-state index >= 15 is 0 Å². The van der Waals surface area contributed by atoms with E-state index in [2.05, 4.69) is 22.1 Å². The molecule has 4 nitrogen and oxygen atoms in total. The zero-order valence-corrected chi connectivity index (χ0v) is 17.9. The molecule has 0 spiro atoms. The number of rotatable bonds is 6. The molecule has 158 valence electrons. The summed E-state index contributed by atoms with van der Waals surface area (Å²) < 4.78 is 6.49. The second-order valence-electron chi connectivity index (χ2n) is 7.39. The number of ether oxygens (including phenoxy) is 1. The molecule has 0 atom stereocenters. The van der Waals surface area contributed by atoms with Gasteiger partial charge in [0.25, 0.3) is 0 Å². The molecule has 0 bridgehead atoms. The van der Waals surface area contributed by atoms with Gasteiger partial charge in [0.15, 0.2) is 0 Å². The molecule has 0 saturated heterocycles. The molecule has 0 radical (unpaired) electrons. The van der Waals surface area contributed by atoms with Gasteiger partial charge in [0.05, 0.1) is 22.8 Å². The van der Waals surface area contributed by atoms with Gasteiger partial charge in [0, 0.05) is 30.1 Å². The first-order valence-electron chi connectivity index (χ1n) is 10.7. The van der Waals surface area contributed by atoms with E-state index in [4.69, 9.17) is 9.72 Å². The predicted octanol–water partition coefficient (Wildman–Crippen LogP) is 6.78.